The molecule has 1 spiro atoms. The molecule has 0 aromatic heterocycles. The molecular weight excluding hydrogens is 444 g/mol. The molecule has 1 N–H and O–H groups in total. The van der Waals surface area contributed by atoms with Crippen LogP contribution in [-0.2, 0) is 10.2 Å². The maximum Gasteiger partial charge on any atom is 0.453 e. The number of ether oxygens (including phenoxy) is 2. The molecule has 0 radical (unpaired) electrons. The molecule has 0 saturated carbocycles. The van der Waals surface area contributed by atoms with Gasteiger partial charge < -0.3 is 19.5 Å². The van der Waals surface area contributed by atoms with Crippen LogP contribution >= 0.6 is 0 Å². The zero-order valence-corrected chi connectivity index (χ0v) is 17.3. The van der Waals surface area contributed by atoms with Crippen LogP contribution in [0.3, 0.4) is 0 Å². The second-order valence-electron chi connectivity index (χ2n) is 8.32. The fraction of sp³-hybridized carbons (Fsp3) is 0.667. The van der Waals surface area contributed by atoms with Gasteiger partial charge in [-0.15, -0.1) is 0 Å². The summed E-state index contributed by atoms with van der Waals surface area (Å²) in [6.45, 7) is 1.88. The molecule has 2 aliphatic heterocycles. The number of likely N-dealkylation sites (tertiary alicyclic amines) is 1. The molecule has 32 heavy (non-hydrogen) atoms. The number of hydrogen-bond donors (Lipinski definition) is 1. The topological polar surface area (TPSA) is 59.0 Å². The van der Waals surface area contributed by atoms with E-state index in [2.05, 4.69) is 0 Å². The van der Waals surface area contributed by atoms with Crippen LogP contribution < -0.4 is 9.47 Å². The van der Waals surface area contributed by atoms with Crippen molar-refractivity contribution in [2.45, 2.75) is 56.0 Å². The van der Waals surface area contributed by atoms with Crippen LogP contribution in [0.1, 0.15) is 44.1 Å². The third kappa shape index (κ3) is 5.24. The number of carbonyl (C=O) groups is 1. The lowest BCUT2D eigenvalue weighted by atomic mass is 9.74. The van der Waals surface area contributed by atoms with Crippen molar-refractivity contribution in [1.82, 2.24) is 4.90 Å². The van der Waals surface area contributed by atoms with E-state index in [0.29, 0.717) is 44.6 Å². The second-order valence-corrected chi connectivity index (χ2v) is 8.32. The van der Waals surface area contributed by atoms with Gasteiger partial charge in [0.15, 0.2) is 11.5 Å². The maximum atomic E-state index is 14.9. The van der Waals surface area contributed by atoms with E-state index in [9.17, 15) is 31.1 Å². The summed E-state index contributed by atoms with van der Waals surface area (Å²) < 4.78 is 88.0. The minimum absolute atomic E-state index is 0.0588. The van der Waals surface area contributed by atoms with Crippen molar-refractivity contribution in [1.29, 1.82) is 0 Å². The lowest BCUT2D eigenvalue weighted by Crippen LogP contribution is -2.44. The molecule has 11 heteroatoms. The molecule has 1 fully saturated rings. The fourth-order valence-corrected chi connectivity index (χ4v) is 4.14. The van der Waals surface area contributed by atoms with Crippen molar-refractivity contribution < 1.29 is 45.7 Å². The van der Waals surface area contributed by atoms with Crippen molar-refractivity contribution in [2.75, 3.05) is 32.8 Å². The summed E-state index contributed by atoms with van der Waals surface area (Å²) >= 11 is 0. The van der Waals surface area contributed by atoms with E-state index in [1.807, 2.05) is 4.90 Å². The van der Waals surface area contributed by atoms with Gasteiger partial charge in [0.1, 0.15) is 0 Å². The molecule has 2 heterocycles. The normalized spacial score (nSPS) is 18.4. The molecule has 0 atom stereocenters. The summed E-state index contributed by atoms with van der Waals surface area (Å²) in [5.74, 6) is -6.39. The van der Waals surface area contributed by atoms with E-state index < -0.39 is 36.7 Å². The average Bonchev–Trinajstić information content (AvgIpc) is 3.07. The molecule has 3 rings (SSSR count). The van der Waals surface area contributed by atoms with Gasteiger partial charge in [-0.3, -0.25) is 4.79 Å². The van der Waals surface area contributed by atoms with Gasteiger partial charge in [0, 0.05) is 23.9 Å². The molecule has 0 bridgehead atoms. The number of aliphatic carboxylic acids is 1. The van der Waals surface area contributed by atoms with Gasteiger partial charge in [0.25, 0.3) is 0 Å². The molecule has 180 valence electrons. The van der Waals surface area contributed by atoms with Gasteiger partial charge in [0.05, 0.1) is 19.6 Å². The predicted octanol–water partition coefficient (Wildman–Crippen LogP) is 4.77. The summed E-state index contributed by atoms with van der Waals surface area (Å²) in [7, 11) is 0. The van der Waals surface area contributed by atoms with Crippen molar-refractivity contribution >= 4 is 5.97 Å². The summed E-state index contributed by atoms with van der Waals surface area (Å²) in [6, 6.07) is 3.12. The number of halogens is 6. The van der Waals surface area contributed by atoms with Gasteiger partial charge in [-0.25, -0.2) is 0 Å². The highest BCUT2D eigenvalue weighted by molar-refractivity contribution is 5.66. The van der Waals surface area contributed by atoms with Gasteiger partial charge >= 0.3 is 18.1 Å². The van der Waals surface area contributed by atoms with E-state index in [1.165, 1.54) is 6.07 Å². The number of carboxylic acid groups (broad SMARTS) is 1. The van der Waals surface area contributed by atoms with E-state index in [-0.39, 0.29) is 36.4 Å². The fourth-order valence-electron chi connectivity index (χ4n) is 4.14. The standard InChI is InChI=1S/C21H25F6NO4/c22-17-15(31-12-2-1-6-20(23,24)21(25,26)27)4-3-14-18(17)32-13-19(14)7-10-28(11-8-19)9-5-16(29)30/h3-4H,1-2,5-13H2,(H,29,30). The third-order valence-corrected chi connectivity index (χ3v) is 6.14. The number of alkyl halides is 5. The Labute approximate surface area is 181 Å². The van der Waals surface area contributed by atoms with Crippen LogP contribution in [0.25, 0.3) is 0 Å². The van der Waals surface area contributed by atoms with Gasteiger partial charge in [-0.05, 0) is 44.8 Å². The zero-order chi connectivity index (χ0) is 23.6. The van der Waals surface area contributed by atoms with E-state index in [0.717, 1.165) is 0 Å². The van der Waals surface area contributed by atoms with Crippen LogP contribution in [0, 0.1) is 5.82 Å². The van der Waals surface area contributed by atoms with E-state index in [4.69, 9.17) is 14.6 Å². The van der Waals surface area contributed by atoms with Crippen molar-refractivity contribution in [3.63, 3.8) is 0 Å². The van der Waals surface area contributed by atoms with E-state index in [1.54, 1.807) is 6.07 Å². The predicted molar refractivity (Wildman–Crippen MR) is 102 cm³/mol. The smallest absolute Gasteiger partial charge is 0.453 e. The Hall–Kier alpha value is -2.17. The molecule has 2 aliphatic rings. The number of rotatable bonds is 9. The molecule has 5 nitrogen and oxygen atoms in total. The third-order valence-electron chi connectivity index (χ3n) is 6.14. The highest BCUT2D eigenvalue weighted by Gasteiger charge is 2.56. The van der Waals surface area contributed by atoms with Crippen LogP contribution in [0.5, 0.6) is 11.5 Å². The summed E-state index contributed by atoms with van der Waals surface area (Å²) in [4.78, 5) is 12.8. The number of fused-ring (bicyclic) bond motifs is 2. The van der Waals surface area contributed by atoms with E-state index >= 15 is 0 Å². The lowest BCUT2D eigenvalue weighted by molar-refractivity contribution is -0.284. The first-order valence-corrected chi connectivity index (χ1v) is 10.4. The molecule has 1 aromatic carbocycles. The minimum atomic E-state index is -5.58. The SMILES string of the molecule is O=C(O)CCN1CCC2(CC1)COc1c2ccc(OCCCCC(F)(F)C(F)(F)F)c1F. The molecule has 1 aromatic rings. The molecular formula is C21H25F6NO4. The van der Waals surface area contributed by atoms with Crippen LogP contribution in [0.2, 0.25) is 0 Å². The largest absolute Gasteiger partial charge is 0.490 e. The highest BCUT2D eigenvalue weighted by atomic mass is 19.4. The Bertz CT molecular complexity index is 821. The number of carboxylic acids is 1. The van der Waals surface area contributed by atoms with Gasteiger partial charge in [0.2, 0.25) is 5.82 Å². The van der Waals surface area contributed by atoms with Crippen molar-refractivity contribution in [2.24, 2.45) is 0 Å². The Morgan fingerprint density at radius 3 is 2.47 bits per heavy atom. The number of benzene rings is 1. The average molecular weight is 469 g/mol. The Kier molecular flexibility index (Phi) is 7.16. The Morgan fingerprint density at radius 2 is 1.84 bits per heavy atom. The lowest BCUT2D eigenvalue weighted by Gasteiger charge is -2.38. The van der Waals surface area contributed by atoms with Crippen molar-refractivity contribution in [3.8, 4) is 11.5 Å². The zero-order valence-electron chi connectivity index (χ0n) is 17.3. The Balaban J connectivity index is 1.53. The summed E-state index contributed by atoms with van der Waals surface area (Å²) in [5, 5.41) is 8.82. The first-order chi connectivity index (χ1) is 15.0. The number of piperidine rings is 1. The summed E-state index contributed by atoms with van der Waals surface area (Å²) in [5.41, 5.74) is 0.350. The first kappa shape index (κ1) is 24.5. The first-order valence-electron chi connectivity index (χ1n) is 10.4. The number of nitrogens with zero attached hydrogens (tertiary/aromatic N) is 1. The molecule has 1 saturated heterocycles. The Morgan fingerprint density at radius 1 is 1.16 bits per heavy atom. The van der Waals surface area contributed by atoms with Crippen LogP contribution in [0.4, 0.5) is 26.3 Å². The number of hydrogen-bond acceptors (Lipinski definition) is 4. The summed E-state index contributed by atoms with van der Waals surface area (Å²) in [6.07, 6.45) is -6.00. The quantitative estimate of drug-likeness (QED) is 0.417. The van der Waals surface area contributed by atoms with Crippen molar-refractivity contribution in [3.05, 3.63) is 23.5 Å². The monoisotopic (exact) mass is 469 g/mol. The van der Waals surface area contributed by atoms with Gasteiger partial charge in [-0.1, -0.05) is 6.07 Å². The highest BCUT2D eigenvalue weighted by Crippen LogP contribution is 2.48. The minimum Gasteiger partial charge on any atom is -0.490 e. The maximum absolute atomic E-state index is 14.9. The van der Waals surface area contributed by atoms with Crippen LogP contribution in [0.15, 0.2) is 12.1 Å². The number of unbranched alkanes of at least 4 members (excludes halogenated alkanes) is 1. The molecule has 0 unspecified atom stereocenters. The molecule has 0 aliphatic carbocycles. The van der Waals surface area contributed by atoms with Crippen LogP contribution in [-0.4, -0.2) is 60.9 Å². The molecule has 0 amide bonds. The second kappa shape index (κ2) is 9.36. The van der Waals surface area contributed by atoms with Gasteiger partial charge in [-0.2, -0.15) is 26.3 Å².